The van der Waals surface area contributed by atoms with Gasteiger partial charge in [0.15, 0.2) is 5.69 Å². The molecule has 0 aliphatic carbocycles. The molecule has 0 fully saturated rings. The fraction of sp³-hybridized carbons (Fsp3) is 0.391. The second kappa shape index (κ2) is 11.0. The lowest BCUT2D eigenvalue weighted by Gasteiger charge is -2.24. The summed E-state index contributed by atoms with van der Waals surface area (Å²) >= 11 is 1.41. The quantitative estimate of drug-likeness (QED) is 0.465. The van der Waals surface area contributed by atoms with Crippen molar-refractivity contribution in [1.82, 2.24) is 14.7 Å². The van der Waals surface area contributed by atoms with Gasteiger partial charge in [0.1, 0.15) is 11.6 Å². The minimum atomic E-state index is -0.665. The van der Waals surface area contributed by atoms with Gasteiger partial charge < -0.3 is 15.2 Å². The number of unbranched alkanes of at least 4 members (excludes halogenated alkanes) is 1. The number of hydrogen-bond acceptors (Lipinski definition) is 7. The molecule has 10 heteroatoms. The van der Waals surface area contributed by atoms with Crippen LogP contribution < -0.4 is 21.9 Å². The first kappa shape index (κ1) is 24.4. The fourth-order valence-electron chi connectivity index (χ4n) is 3.46. The summed E-state index contributed by atoms with van der Waals surface area (Å²) in [6, 6.07) is 9.32. The number of aryl methyl sites for hydroxylation is 2. The Balaban J connectivity index is 1.87. The van der Waals surface area contributed by atoms with Gasteiger partial charge in [0.05, 0.1) is 18.0 Å². The van der Waals surface area contributed by atoms with Crippen molar-refractivity contribution in [1.29, 1.82) is 0 Å². The molecule has 0 bridgehead atoms. The highest BCUT2D eigenvalue weighted by Crippen LogP contribution is 2.23. The highest BCUT2D eigenvalue weighted by Gasteiger charge is 2.24. The van der Waals surface area contributed by atoms with Crippen molar-refractivity contribution >= 4 is 29.2 Å². The maximum Gasteiger partial charge on any atom is 0.330 e. The normalized spacial score (nSPS) is 11.0. The molecule has 0 radical (unpaired) electrons. The van der Waals surface area contributed by atoms with Crippen LogP contribution in [0.2, 0.25) is 0 Å². The number of nitrogens with two attached hydrogens (primary N) is 1. The van der Waals surface area contributed by atoms with Crippen molar-refractivity contribution in [3.8, 4) is 0 Å². The number of carbonyl (C=O) groups is 1. The summed E-state index contributed by atoms with van der Waals surface area (Å²) in [6.45, 7) is 6.21. The van der Waals surface area contributed by atoms with Gasteiger partial charge in [-0.25, -0.2) is 4.79 Å². The molecule has 1 aromatic carbocycles. The van der Waals surface area contributed by atoms with E-state index < -0.39 is 11.2 Å². The van der Waals surface area contributed by atoms with E-state index in [0.717, 1.165) is 29.0 Å². The Morgan fingerprint density at radius 1 is 1.24 bits per heavy atom. The minimum absolute atomic E-state index is 0.0157. The average Bonchev–Trinajstić information content (AvgIpc) is 3.11. The predicted molar refractivity (Wildman–Crippen MR) is 131 cm³/mol. The molecule has 2 aromatic heterocycles. The van der Waals surface area contributed by atoms with Gasteiger partial charge in [0.25, 0.3) is 5.56 Å². The standard InChI is InChI=1S/C23H29N5O4S/c1-4-5-11-27(19(29)14-33-13-18-15(2)26-32-16(18)3)20-21(24)28(23(31)25-22(20)30)12-17-9-7-6-8-10-17/h6-10H,4-5,11-14,24H2,1-3H3,(H,25,30,31). The van der Waals surface area contributed by atoms with Crippen molar-refractivity contribution in [3.05, 3.63) is 73.8 Å². The van der Waals surface area contributed by atoms with E-state index in [1.807, 2.05) is 51.1 Å². The number of H-pyrrole nitrogens is 1. The summed E-state index contributed by atoms with van der Waals surface area (Å²) < 4.78 is 6.46. The van der Waals surface area contributed by atoms with Crippen LogP contribution in [0.3, 0.4) is 0 Å². The topological polar surface area (TPSA) is 127 Å². The molecule has 1 amide bonds. The number of aromatic nitrogens is 3. The Hall–Kier alpha value is -3.27. The Morgan fingerprint density at radius 2 is 1.97 bits per heavy atom. The minimum Gasteiger partial charge on any atom is -0.383 e. The van der Waals surface area contributed by atoms with Crippen LogP contribution in [0.15, 0.2) is 44.4 Å². The van der Waals surface area contributed by atoms with Gasteiger partial charge in [0, 0.05) is 17.9 Å². The van der Waals surface area contributed by atoms with Gasteiger partial charge in [-0.1, -0.05) is 48.8 Å². The number of aromatic amines is 1. The second-order valence-electron chi connectivity index (χ2n) is 7.76. The van der Waals surface area contributed by atoms with E-state index in [0.29, 0.717) is 18.7 Å². The number of hydrogen-bond donors (Lipinski definition) is 2. The van der Waals surface area contributed by atoms with Crippen LogP contribution in [0.4, 0.5) is 11.5 Å². The van der Waals surface area contributed by atoms with E-state index in [-0.39, 0.29) is 29.7 Å². The summed E-state index contributed by atoms with van der Waals surface area (Å²) in [6.07, 6.45) is 1.52. The monoisotopic (exact) mass is 471 g/mol. The smallest absolute Gasteiger partial charge is 0.330 e. The highest BCUT2D eigenvalue weighted by atomic mass is 32.2. The van der Waals surface area contributed by atoms with Crippen molar-refractivity contribution in [2.45, 2.75) is 45.9 Å². The number of nitrogens with zero attached hydrogens (tertiary/aromatic N) is 3. The molecule has 9 nitrogen and oxygen atoms in total. The molecule has 3 aromatic rings. The molecule has 0 aliphatic rings. The van der Waals surface area contributed by atoms with Crippen LogP contribution in [-0.4, -0.2) is 32.9 Å². The number of thioether (sulfide) groups is 1. The molecule has 3 rings (SSSR count). The van der Waals surface area contributed by atoms with Gasteiger partial charge in [-0.05, 0) is 25.8 Å². The highest BCUT2D eigenvalue weighted by molar-refractivity contribution is 7.99. The molecule has 0 saturated carbocycles. The lowest BCUT2D eigenvalue weighted by Crippen LogP contribution is -2.42. The van der Waals surface area contributed by atoms with E-state index in [1.54, 1.807) is 0 Å². The molecule has 176 valence electrons. The summed E-state index contributed by atoms with van der Waals surface area (Å²) in [5.74, 6) is 1.16. The Morgan fingerprint density at radius 3 is 2.61 bits per heavy atom. The number of anilines is 2. The largest absolute Gasteiger partial charge is 0.383 e. The van der Waals surface area contributed by atoms with Crippen LogP contribution >= 0.6 is 11.8 Å². The maximum absolute atomic E-state index is 13.2. The van der Waals surface area contributed by atoms with Crippen LogP contribution in [0.1, 0.15) is 42.3 Å². The molecule has 0 aliphatic heterocycles. The molecule has 0 unspecified atom stereocenters. The number of nitrogen functional groups attached to an aromatic ring is 1. The van der Waals surface area contributed by atoms with Gasteiger partial charge in [-0.2, -0.15) is 0 Å². The van der Waals surface area contributed by atoms with E-state index >= 15 is 0 Å². The number of benzene rings is 1. The SMILES string of the molecule is CCCCN(C(=O)CSCc1c(C)noc1C)c1c(N)n(Cc2ccccc2)c(=O)[nH]c1=O. The van der Waals surface area contributed by atoms with Crippen molar-refractivity contribution in [2.75, 3.05) is 22.9 Å². The van der Waals surface area contributed by atoms with Gasteiger partial charge >= 0.3 is 5.69 Å². The zero-order valence-corrected chi connectivity index (χ0v) is 19.9. The summed E-state index contributed by atoms with van der Waals surface area (Å²) in [7, 11) is 0. The van der Waals surface area contributed by atoms with Crippen molar-refractivity contribution in [3.63, 3.8) is 0 Å². The summed E-state index contributed by atoms with van der Waals surface area (Å²) in [4.78, 5) is 42.2. The second-order valence-corrected chi connectivity index (χ2v) is 8.74. The molecule has 33 heavy (non-hydrogen) atoms. The molecule has 0 atom stereocenters. The third kappa shape index (κ3) is 5.75. The molecular weight excluding hydrogens is 442 g/mol. The molecule has 3 N–H and O–H groups in total. The fourth-order valence-corrected chi connectivity index (χ4v) is 4.51. The zero-order chi connectivity index (χ0) is 24.0. The van der Waals surface area contributed by atoms with Gasteiger partial charge in [-0.3, -0.25) is 19.1 Å². The Bertz CT molecular complexity index is 1200. The van der Waals surface area contributed by atoms with E-state index in [9.17, 15) is 14.4 Å². The molecule has 0 saturated heterocycles. The summed E-state index contributed by atoms with van der Waals surface area (Å²) in [5.41, 5.74) is 7.66. The van der Waals surface area contributed by atoms with Gasteiger partial charge in [-0.15, -0.1) is 11.8 Å². The molecule has 2 heterocycles. The first-order chi connectivity index (χ1) is 15.8. The number of amides is 1. The zero-order valence-electron chi connectivity index (χ0n) is 19.1. The van der Waals surface area contributed by atoms with E-state index in [1.165, 1.54) is 21.2 Å². The number of carbonyl (C=O) groups excluding carboxylic acids is 1. The Kier molecular flexibility index (Phi) is 8.16. The van der Waals surface area contributed by atoms with Crippen LogP contribution in [-0.2, 0) is 17.1 Å². The Labute approximate surface area is 196 Å². The van der Waals surface area contributed by atoms with Crippen LogP contribution in [0.25, 0.3) is 0 Å². The van der Waals surface area contributed by atoms with Crippen LogP contribution in [0, 0.1) is 13.8 Å². The third-order valence-electron chi connectivity index (χ3n) is 5.36. The third-order valence-corrected chi connectivity index (χ3v) is 6.30. The predicted octanol–water partition coefficient (Wildman–Crippen LogP) is 2.84. The molecular formula is C23H29N5O4S. The maximum atomic E-state index is 13.2. The van der Waals surface area contributed by atoms with Crippen molar-refractivity contribution < 1.29 is 9.32 Å². The first-order valence-corrected chi connectivity index (χ1v) is 11.9. The lowest BCUT2D eigenvalue weighted by molar-refractivity contribution is -0.116. The molecule has 0 spiro atoms. The number of nitrogens with one attached hydrogen (secondary N) is 1. The van der Waals surface area contributed by atoms with Crippen LogP contribution in [0.5, 0.6) is 0 Å². The number of rotatable bonds is 10. The first-order valence-electron chi connectivity index (χ1n) is 10.8. The van der Waals surface area contributed by atoms with E-state index in [4.69, 9.17) is 10.3 Å². The lowest BCUT2D eigenvalue weighted by atomic mass is 10.2. The van der Waals surface area contributed by atoms with Gasteiger partial charge in [0.2, 0.25) is 5.91 Å². The van der Waals surface area contributed by atoms with E-state index in [2.05, 4.69) is 10.1 Å². The average molecular weight is 472 g/mol. The summed E-state index contributed by atoms with van der Waals surface area (Å²) in [5, 5.41) is 3.93. The van der Waals surface area contributed by atoms with Crippen molar-refractivity contribution in [2.24, 2.45) is 0 Å².